The van der Waals surface area contributed by atoms with E-state index in [-0.39, 0.29) is 11.5 Å². The van der Waals surface area contributed by atoms with Crippen LogP contribution in [0.4, 0.5) is 4.79 Å². The predicted octanol–water partition coefficient (Wildman–Crippen LogP) is 3.90. The Bertz CT molecular complexity index is 339. The molecule has 5 nitrogen and oxygen atoms in total. The minimum Gasteiger partial charge on any atom is -0.431 e. The molecule has 0 heterocycles. The van der Waals surface area contributed by atoms with E-state index >= 15 is 0 Å². The maximum Gasteiger partial charge on any atom is 0.511 e. The largest absolute Gasteiger partial charge is 0.511 e. The van der Waals surface area contributed by atoms with Crippen molar-refractivity contribution in [3.8, 4) is 0 Å². The zero-order chi connectivity index (χ0) is 16.1. The van der Waals surface area contributed by atoms with Crippen LogP contribution in [0.2, 0.25) is 0 Å². The van der Waals surface area contributed by atoms with Gasteiger partial charge in [-0.1, -0.05) is 20.8 Å². The SMILES string of the molecule is CC(C)OC(=O)OC(C)OC(=O)C(C)(C)CC(C)(C)C. The number of rotatable bonds is 5. The lowest BCUT2D eigenvalue weighted by Gasteiger charge is -2.31. The number of carbonyl (C=O) groups is 2. The fourth-order valence-electron chi connectivity index (χ4n) is 2.09. The Kier molecular flexibility index (Phi) is 6.51. The van der Waals surface area contributed by atoms with Gasteiger partial charge in [0.1, 0.15) is 0 Å². The standard InChI is InChI=1S/C15H28O5/c1-10(2)18-13(17)20-11(3)19-12(16)15(7,8)9-14(4,5)6/h10-11H,9H2,1-8H3. The highest BCUT2D eigenvalue weighted by Gasteiger charge is 2.35. The van der Waals surface area contributed by atoms with Crippen LogP contribution in [-0.4, -0.2) is 24.5 Å². The summed E-state index contributed by atoms with van der Waals surface area (Å²) in [5.74, 6) is -0.391. The van der Waals surface area contributed by atoms with Crippen molar-refractivity contribution in [2.24, 2.45) is 10.8 Å². The van der Waals surface area contributed by atoms with E-state index in [1.165, 1.54) is 6.92 Å². The number of ether oxygens (including phenoxy) is 3. The molecule has 0 amide bonds. The molecule has 0 fully saturated rings. The van der Waals surface area contributed by atoms with Gasteiger partial charge in [-0.05, 0) is 39.5 Å². The molecule has 0 aromatic carbocycles. The molecule has 118 valence electrons. The highest BCUT2D eigenvalue weighted by Crippen LogP contribution is 2.34. The van der Waals surface area contributed by atoms with Gasteiger partial charge < -0.3 is 14.2 Å². The lowest BCUT2D eigenvalue weighted by molar-refractivity contribution is -0.180. The van der Waals surface area contributed by atoms with Crippen LogP contribution < -0.4 is 0 Å². The van der Waals surface area contributed by atoms with E-state index in [1.807, 2.05) is 13.8 Å². The van der Waals surface area contributed by atoms with Crippen LogP contribution in [-0.2, 0) is 19.0 Å². The smallest absolute Gasteiger partial charge is 0.431 e. The molecule has 0 spiro atoms. The first-order chi connectivity index (χ1) is 8.83. The van der Waals surface area contributed by atoms with Gasteiger partial charge >= 0.3 is 12.1 Å². The zero-order valence-electron chi connectivity index (χ0n) is 13.9. The first-order valence-corrected chi connectivity index (χ1v) is 6.92. The summed E-state index contributed by atoms with van der Waals surface area (Å²) >= 11 is 0. The molecule has 0 saturated heterocycles. The van der Waals surface area contributed by atoms with Crippen molar-refractivity contribution < 1.29 is 23.8 Å². The Morgan fingerprint density at radius 3 is 1.80 bits per heavy atom. The summed E-state index contributed by atoms with van der Waals surface area (Å²) in [7, 11) is 0. The van der Waals surface area contributed by atoms with Gasteiger partial charge in [0.2, 0.25) is 6.29 Å². The maximum absolute atomic E-state index is 12.1. The minimum absolute atomic E-state index is 0.00316. The summed E-state index contributed by atoms with van der Waals surface area (Å²) in [6, 6.07) is 0. The summed E-state index contributed by atoms with van der Waals surface area (Å²) in [5.41, 5.74) is -0.638. The number of carbonyl (C=O) groups excluding carboxylic acids is 2. The Balaban J connectivity index is 4.41. The number of hydrogen-bond acceptors (Lipinski definition) is 5. The summed E-state index contributed by atoms with van der Waals surface area (Å²) in [4.78, 5) is 23.4. The van der Waals surface area contributed by atoms with Crippen LogP contribution in [0.1, 0.15) is 61.8 Å². The molecule has 5 heteroatoms. The van der Waals surface area contributed by atoms with E-state index in [9.17, 15) is 9.59 Å². The first-order valence-electron chi connectivity index (χ1n) is 6.92. The van der Waals surface area contributed by atoms with Gasteiger partial charge in [-0.25, -0.2) is 4.79 Å². The van der Waals surface area contributed by atoms with Crippen molar-refractivity contribution in [2.75, 3.05) is 0 Å². The molecule has 0 saturated carbocycles. The van der Waals surface area contributed by atoms with Gasteiger partial charge in [0.25, 0.3) is 0 Å². The number of esters is 1. The Morgan fingerprint density at radius 1 is 0.900 bits per heavy atom. The molecule has 0 aromatic heterocycles. The van der Waals surface area contributed by atoms with Gasteiger partial charge in [0.05, 0.1) is 11.5 Å². The molecule has 0 aliphatic heterocycles. The van der Waals surface area contributed by atoms with Gasteiger partial charge in [0.15, 0.2) is 0 Å². The van der Waals surface area contributed by atoms with Crippen LogP contribution >= 0.6 is 0 Å². The van der Waals surface area contributed by atoms with E-state index < -0.39 is 23.8 Å². The topological polar surface area (TPSA) is 61.8 Å². The molecule has 0 aliphatic carbocycles. The summed E-state index contributed by atoms with van der Waals surface area (Å²) in [6.45, 7) is 14.7. The minimum atomic E-state index is -0.965. The van der Waals surface area contributed by atoms with E-state index in [1.54, 1.807) is 13.8 Å². The molecular formula is C15H28O5. The lowest BCUT2D eigenvalue weighted by Crippen LogP contribution is -2.34. The predicted molar refractivity (Wildman–Crippen MR) is 76.1 cm³/mol. The van der Waals surface area contributed by atoms with Gasteiger partial charge in [-0.3, -0.25) is 4.79 Å². The van der Waals surface area contributed by atoms with Crippen molar-refractivity contribution >= 4 is 12.1 Å². The quantitative estimate of drug-likeness (QED) is 0.567. The Hall–Kier alpha value is -1.26. The van der Waals surface area contributed by atoms with E-state index in [0.717, 1.165) is 0 Å². The second-order valence-corrected chi connectivity index (χ2v) is 7.13. The third kappa shape index (κ3) is 8.02. The second-order valence-electron chi connectivity index (χ2n) is 7.13. The van der Waals surface area contributed by atoms with E-state index in [2.05, 4.69) is 20.8 Å². The fourth-order valence-corrected chi connectivity index (χ4v) is 2.09. The Morgan fingerprint density at radius 2 is 1.40 bits per heavy atom. The summed E-state index contributed by atoms with van der Waals surface area (Å²) in [5, 5.41) is 0. The molecule has 0 radical (unpaired) electrons. The van der Waals surface area contributed by atoms with Crippen LogP contribution in [0.15, 0.2) is 0 Å². The average molecular weight is 288 g/mol. The van der Waals surface area contributed by atoms with Gasteiger partial charge in [-0.2, -0.15) is 0 Å². The molecule has 0 aliphatic rings. The van der Waals surface area contributed by atoms with Gasteiger partial charge in [0, 0.05) is 6.92 Å². The second kappa shape index (κ2) is 6.95. The molecular weight excluding hydrogens is 260 g/mol. The van der Waals surface area contributed by atoms with Crippen LogP contribution in [0.3, 0.4) is 0 Å². The maximum atomic E-state index is 12.1. The molecule has 0 N–H and O–H groups in total. The Labute approximate surface area is 122 Å². The lowest BCUT2D eigenvalue weighted by atomic mass is 9.76. The third-order valence-corrected chi connectivity index (χ3v) is 2.39. The van der Waals surface area contributed by atoms with Crippen molar-refractivity contribution in [2.45, 2.75) is 74.2 Å². The normalized spacial score (nSPS) is 13.8. The highest BCUT2D eigenvalue weighted by atomic mass is 16.8. The summed E-state index contributed by atoms with van der Waals surface area (Å²) < 4.78 is 14.8. The molecule has 0 rings (SSSR count). The van der Waals surface area contributed by atoms with Crippen LogP contribution in [0, 0.1) is 10.8 Å². The monoisotopic (exact) mass is 288 g/mol. The average Bonchev–Trinajstić information content (AvgIpc) is 2.10. The number of hydrogen-bond donors (Lipinski definition) is 0. The van der Waals surface area contributed by atoms with Crippen LogP contribution in [0.25, 0.3) is 0 Å². The van der Waals surface area contributed by atoms with Crippen molar-refractivity contribution in [3.05, 3.63) is 0 Å². The molecule has 0 aromatic rings. The highest BCUT2D eigenvalue weighted by molar-refractivity contribution is 5.76. The van der Waals surface area contributed by atoms with Crippen molar-refractivity contribution in [1.82, 2.24) is 0 Å². The zero-order valence-corrected chi connectivity index (χ0v) is 13.9. The van der Waals surface area contributed by atoms with E-state index in [4.69, 9.17) is 14.2 Å². The van der Waals surface area contributed by atoms with Crippen molar-refractivity contribution in [3.63, 3.8) is 0 Å². The molecule has 0 bridgehead atoms. The molecule has 1 unspecified atom stereocenters. The summed E-state index contributed by atoms with van der Waals surface area (Å²) in [6.07, 6.45) is -1.41. The molecule has 1 atom stereocenters. The van der Waals surface area contributed by atoms with Gasteiger partial charge in [-0.15, -0.1) is 0 Å². The first kappa shape index (κ1) is 18.7. The van der Waals surface area contributed by atoms with E-state index in [0.29, 0.717) is 6.42 Å². The van der Waals surface area contributed by atoms with Crippen LogP contribution in [0.5, 0.6) is 0 Å². The molecule has 20 heavy (non-hydrogen) atoms. The fraction of sp³-hybridized carbons (Fsp3) is 0.867. The van der Waals surface area contributed by atoms with Crippen molar-refractivity contribution in [1.29, 1.82) is 0 Å². The third-order valence-electron chi connectivity index (χ3n) is 2.39.